The van der Waals surface area contributed by atoms with Crippen molar-refractivity contribution in [3.05, 3.63) is 29.8 Å². The van der Waals surface area contributed by atoms with Gasteiger partial charge in [0.2, 0.25) is 0 Å². The van der Waals surface area contributed by atoms with E-state index in [1.54, 1.807) is 19.1 Å². The number of carbonyl (C=O) groups is 1. The van der Waals surface area contributed by atoms with Gasteiger partial charge in [0.05, 0.1) is 6.10 Å². The molecule has 2 amide bonds. The SMILES string of the molecule is CC(O)c1ccc(NC(=O)NC2CCN(C)C2)cc1. The summed E-state index contributed by atoms with van der Waals surface area (Å²) in [5.41, 5.74) is 1.57. The first-order chi connectivity index (χ1) is 9.04. The van der Waals surface area contributed by atoms with E-state index in [4.69, 9.17) is 0 Å². The maximum absolute atomic E-state index is 11.8. The molecule has 0 bridgehead atoms. The number of aliphatic hydroxyl groups is 1. The first-order valence-corrected chi connectivity index (χ1v) is 6.58. The zero-order chi connectivity index (χ0) is 13.8. The third-order valence-corrected chi connectivity index (χ3v) is 3.38. The van der Waals surface area contributed by atoms with E-state index in [-0.39, 0.29) is 12.1 Å². The van der Waals surface area contributed by atoms with Crippen LogP contribution < -0.4 is 10.6 Å². The minimum Gasteiger partial charge on any atom is -0.389 e. The number of hydrogen-bond donors (Lipinski definition) is 3. The van der Waals surface area contributed by atoms with Crippen LogP contribution in [0.1, 0.15) is 25.0 Å². The van der Waals surface area contributed by atoms with Crippen LogP contribution in [0.2, 0.25) is 0 Å². The van der Waals surface area contributed by atoms with Crippen LogP contribution in [0.4, 0.5) is 10.5 Å². The van der Waals surface area contributed by atoms with Gasteiger partial charge >= 0.3 is 6.03 Å². The predicted octanol–water partition coefficient (Wildman–Crippen LogP) is 1.57. The Morgan fingerprint density at radius 1 is 1.42 bits per heavy atom. The van der Waals surface area contributed by atoms with Crippen LogP contribution in [-0.2, 0) is 0 Å². The second kappa shape index (κ2) is 6.04. The van der Waals surface area contributed by atoms with Crippen LogP contribution in [0.15, 0.2) is 24.3 Å². The Balaban J connectivity index is 1.85. The summed E-state index contributed by atoms with van der Waals surface area (Å²) in [7, 11) is 2.05. The van der Waals surface area contributed by atoms with Crippen molar-refractivity contribution >= 4 is 11.7 Å². The van der Waals surface area contributed by atoms with Crippen LogP contribution in [-0.4, -0.2) is 42.2 Å². The number of aliphatic hydroxyl groups excluding tert-OH is 1. The highest BCUT2D eigenvalue weighted by atomic mass is 16.3. The summed E-state index contributed by atoms with van der Waals surface area (Å²) in [5, 5.41) is 15.2. The zero-order valence-electron chi connectivity index (χ0n) is 11.4. The summed E-state index contributed by atoms with van der Waals surface area (Å²) in [5.74, 6) is 0. The van der Waals surface area contributed by atoms with Crippen molar-refractivity contribution in [1.29, 1.82) is 0 Å². The van der Waals surface area contributed by atoms with Crippen LogP contribution in [0.3, 0.4) is 0 Å². The Morgan fingerprint density at radius 3 is 2.63 bits per heavy atom. The monoisotopic (exact) mass is 263 g/mol. The number of benzene rings is 1. The van der Waals surface area contributed by atoms with Crippen molar-refractivity contribution in [1.82, 2.24) is 10.2 Å². The second-order valence-corrected chi connectivity index (χ2v) is 5.14. The van der Waals surface area contributed by atoms with Crippen molar-refractivity contribution in [2.24, 2.45) is 0 Å². The van der Waals surface area contributed by atoms with Gasteiger partial charge < -0.3 is 20.6 Å². The Labute approximate surface area is 113 Å². The van der Waals surface area contributed by atoms with E-state index < -0.39 is 6.10 Å². The molecule has 5 nitrogen and oxygen atoms in total. The fourth-order valence-corrected chi connectivity index (χ4v) is 2.25. The van der Waals surface area contributed by atoms with Gasteiger partial charge in [-0.25, -0.2) is 4.79 Å². The Hall–Kier alpha value is -1.59. The summed E-state index contributed by atoms with van der Waals surface area (Å²) in [6.07, 6.45) is 0.502. The van der Waals surface area contributed by atoms with Gasteiger partial charge in [0.1, 0.15) is 0 Å². The predicted molar refractivity (Wildman–Crippen MR) is 75.1 cm³/mol. The maximum Gasteiger partial charge on any atom is 0.319 e. The van der Waals surface area contributed by atoms with Gasteiger partial charge in [0, 0.05) is 18.3 Å². The first-order valence-electron chi connectivity index (χ1n) is 6.58. The standard InChI is InChI=1S/C14H21N3O2/c1-10(18)11-3-5-12(6-4-11)15-14(19)16-13-7-8-17(2)9-13/h3-6,10,13,18H,7-9H2,1-2H3,(H2,15,16,19). The number of nitrogens with one attached hydrogen (secondary N) is 2. The van der Waals surface area contributed by atoms with E-state index in [1.807, 2.05) is 19.2 Å². The molecule has 0 saturated carbocycles. The van der Waals surface area contributed by atoms with E-state index in [9.17, 15) is 9.90 Å². The van der Waals surface area contributed by atoms with Gasteiger partial charge in [-0.1, -0.05) is 12.1 Å². The minimum atomic E-state index is -0.489. The summed E-state index contributed by atoms with van der Waals surface area (Å²) >= 11 is 0. The van der Waals surface area contributed by atoms with Crippen molar-refractivity contribution < 1.29 is 9.90 Å². The van der Waals surface area contributed by atoms with E-state index in [1.165, 1.54) is 0 Å². The second-order valence-electron chi connectivity index (χ2n) is 5.14. The number of hydrogen-bond acceptors (Lipinski definition) is 3. The maximum atomic E-state index is 11.8. The lowest BCUT2D eigenvalue weighted by Crippen LogP contribution is -2.39. The lowest BCUT2D eigenvalue weighted by molar-refractivity contribution is 0.199. The molecule has 1 aliphatic heterocycles. The Kier molecular flexibility index (Phi) is 4.39. The number of urea groups is 1. The Bertz CT molecular complexity index is 431. The van der Waals surface area contributed by atoms with Crippen molar-refractivity contribution in [2.45, 2.75) is 25.5 Å². The average molecular weight is 263 g/mol. The van der Waals surface area contributed by atoms with E-state index in [0.717, 1.165) is 30.8 Å². The van der Waals surface area contributed by atoms with Crippen molar-refractivity contribution in [3.63, 3.8) is 0 Å². The fourth-order valence-electron chi connectivity index (χ4n) is 2.25. The van der Waals surface area contributed by atoms with E-state index in [0.29, 0.717) is 0 Å². The largest absolute Gasteiger partial charge is 0.389 e. The smallest absolute Gasteiger partial charge is 0.319 e. The molecule has 2 unspecified atom stereocenters. The normalized spacial score (nSPS) is 21.1. The number of anilines is 1. The molecular formula is C14H21N3O2. The van der Waals surface area contributed by atoms with Crippen molar-refractivity contribution in [3.8, 4) is 0 Å². The molecule has 0 aliphatic carbocycles. The van der Waals surface area contributed by atoms with Crippen LogP contribution in [0.5, 0.6) is 0 Å². The molecule has 104 valence electrons. The third-order valence-electron chi connectivity index (χ3n) is 3.38. The molecular weight excluding hydrogens is 242 g/mol. The van der Waals surface area contributed by atoms with Crippen LogP contribution >= 0.6 is 0 Å². The number of likely N-dealkylation sites (N-methyl/N-ethyl adjacent to an activating group) is 1. The summed E-state index contributed by atoms with van der Waals surface area (Å²) in [6, 6.07) is 7.25. The molecule has 3 N–H and O–H groups in total. The molecule has 2 rings (SSSR count). The topological polar surface area (TPSA) is 64.6 Å². The highest BCUT2D eigenvalue weighted by molar-refractivity contribution is 5.89. The Morgan fingerprint density at radius 2 is 2.11 bits per heavy atom. The molecule has 0 radical (unpaired) electrons. The lowest BCUT2D eigenvalue weighted by atomic mass is 10.1. The van der Waals surface area contributed by atoms with Gasteiger partial charge in [0.15, 0.2) is 0 Å². The number of amides is 2. The minimum absolute atomic E-state index is 0.176. The molecule has 0 aromatic heterocycles. The molecule has 5 heteroatoms. The molecule has 1 aromatic rings. The molecule has 1 aliphatic rings. The number of rotatable bonds is 3. The molecule has 0 spiro atoms. The molecule has 1 heterocycles. The van der Waals surface area contributed by atoms with Crippen LogP contribution in [0, 0.1) is 0 Å². The molecule has 1 fully saturated rings. The average Bonchev–Trinajstić information content (AvgIpc) is 2.75. The molecule has 19 heavy (non-hydrogen) atoms. The van der Waals surface area contributed by atoms with Gasteiger partial charge in [0.25, 0.3) is 0 Å². The number of carbonyl (C=O) groups excluding carboxylic acids is 1. The van der Waals surface area contributed by atoms with Crippen LogP contribution in [0.25, 0.3) is 0 Å². The highest BCUT2D eigenvalue weighted by Crippen LogP contribution is 2.15. The molecule has 2 atom stereocenters. The van der Waals surface area contributed by atoms with E-state index >= 15 is 0 Å². The van der Waals surface area contributed by atoms with Gasteiger partial charge in [-0.05, 0) is 44.6 Å². The number of nitrogens with zero attached hydrogens (tertiary/aromatic N) is 1. The summed E-state index contributed by atoms with van der Waals surface area (Å²) in [6.45, 7) is 3.63. The molecule has 1 aromatic carbocycles. The summed E-state index contributed by atoms with van der Waals surface area (Å²) in [4.78, 5) is 14.0. The fraction of sp³-hybridized carbons (Fsp3) is 0.500. The lowest BCUT2D eigenvalue weighted by Gasteiger charge is -2.14. The van der Waals surface area contributed by atoms with Crippen molar-refractivity contribution in [2.75, 3.05) is 25.5 Å². The molecule has 1 saturated heterocycles. The van der Waals surface area contributed by atoms with Gasteiger partial charge in [-0.15, -0.1) is 0 Å². The zero-order valence-corrected chi connectivity index (χ0v) is 11.4. The quantitative estimate of drug-likeness (QED) is 0.775. The van der Waals surface area contributed by atoms with Gasteiger partial charge in [-0.3, -0.25) is 0 Å². The van der Waals surface area contributed by atoms with E-state index in [2.05, 4.69) is 15.5 Å². The van der Waals surface area contributed by atoms with Gasteiger partial charge in [-0.2, -0.15) is 0 Å². The highest BCUT2D eigenvalue weighted by Gasteiger charge is 2.20. The number of likely N-dealkylation sites (tertiary alicyclic amines) is 1. The third kappa shape index (κ3) is 3.94. The first kappa shape index (κ1) is 13.8. The summed E-state index contributed by atoms with van der Waals surface area (Å²) < 4.78 is 0.